The van der Waals surface area contributed by atoms with Crippen molar-refractivity contribution in [3.63, 3.8) is 0 Å². The lowest BCUT2D eigenvalue weighted by molar-refractivity contribution is -0.147. The predicted octanol–water partition coefficient (Wildman–Crippen LogP) is 3.91. The minimum atomic E-state index is -0.996. The van der Waals surface area contributed by atoms with Gasteiger partial charge in [0, 0.05) is 18.4 Å². The van der Waals surface area contributed by atoms with E-state index >= 15 is 0 Å². The third-order valence-electron chi connectivity index (χ3n) is 9.31. The Labute approximate surface area is 250 Å². The summed E-state index contributed by atoms with van der Waals surface area (Å²) in [5.41, 5.74) is 5.13. The first kappa shape index (κ1) is 28.7. The van der Waals surface area contributed by atoms with Gasteiger partial charge in [0.2, 0.25) is 5.91 Å². The first-order valence-corrected chi connectivity index (χ1v) is 14.8. The molecule has 0 unspecified atom stereocenters. The van der Waals surface area contributed by atoms with Crippen LogP contribution in [0.25, 0.3) is 11.1 Å². The molecule has 6 atom stereocenters. The van der Waals surface area contributed by atoms with Crippen molar-refractivity contribution < 1.29 is 34.1 Å². The summed E-state index contributed by atoms with van der Waals surface area (Å²) in [6, 6.07) is 21.1. The summed E-state index contributed by atoms with van der Waals surface area (Å²) >= 11 is 0. The van der Waals surface area contributed by atoms with Crippen LogP contribution in [-0.4, -0.2) is 60.1 Å². The van der Waals surface area contributed by atoms with Crippen LogP contribution in [0.3, 0.4) is 0 Å². The van der Waals surface area contributed by atoms with Crippen molar-refractivity contribution in [1.82, 2.24) is 10.6 Å². The molecule has 0 heterocycles. The van der Waals surface area contributed by atoms with Crippen molar-refractivity contribution in [2.75, 3.05) is 13.7 Å². The molecule has 6 rings (SSSR count). The molecular formula is C34H36N2O7. The molecule has 3 aliphatic rings. The zero-order chi connectivity index (χ0) is 30.1. The summed E-state index contributed by atoms with van der Waals surface area (Å²) in [6.07, 6.45) is 0.584. The summed E-state index contributed by atoms with van der Waals surface area (Å²) in [6.45, 7) is 0.103. The van der Waals surface area contributed by atoms with Crippen LogP contribution in [0.1, 0.15) is 41.9 Å². The highest BCUT2D eigenvalue weighted by atomic mass is 16.5. The smallest absolute Gasteiger partial charge is 0.407 e. The molecule has 0 spiro atoms. The van der Waals surface area contributed by atoms with Crippen LogP contribution in [0.2, 0.25) is 0 Å². The van der Waals surface area contributed by atoms with Gasteiger partial charge in [0.05, 0.1) is 19.1 Å². The SMILES string of the molecule is COC(=O)[C@H]1[C@@H]2C[C@H](O)C[C@@H]2C[C@H]1NC(=O)[C@H](Cc1ccc(O)cc1)NC(=O)OCC1c2ccccc2-c2ccccc21. The maximum absolute atomic E-state index is 13.7. The molecule has 2 fully saturated rings. The number of hydrogen-bond acceptors (Lipinski definition) is 7. The van der Waals surface area contributed by atoms with Crippen molar-refractivity contribution in [2.45, 2.75) is 49.8 Å². The molecule has 43 heavy (non-hydrogen) atoms. The molecule has 9 nitrogen and oxygen atoms in total. The third-order valence-corrected chi connectivity index (χ3v) is 9.31. The largest absolute Gasteiger partial charge is 0.508 e. The normalized spacial score (nSPS) is 24.4. The zero-order valence-corrected chi connectivity index (χ0v) is 23.9. The minimum Gasteiger partial charge on any atom is -0.508 e. The van der Waals surface area contributed by atoms with Crippen molar-refractivity contribution in [3.05, 3.63) is 89.5 Å². The number of phenols is 1. The van der Waals surface area contributed by atoms with E-state index in [0.29, 0.717) is 19.3 Å². The fourth-order valence-corrected chi connectivity index (χ4v) is 7.38. The number of phenolic OH excluding ortho intramolecular Hbond substituents is 1. The number of carbonyl (C=O) groups is 3. The number of amides is 2. The van der Waals surface area contributed by atoms with E-state index in [4.69, 9.17) is 9.47 Å². The quantitative estimate of drug-likeness (QED) is 0.295. The number of rotatable bonds is 8. The lowest BCUT2D eigenvalue weighted by Gasteiger charge is -2.26. The molecule has 0 bridgehead atoms. The number of alkyl carbamates (subject to hydrolysis) is 1. The van der Waals surface area contributed by atoms with Gasteiger partial charge in [-0.2, -0.15) is 0 Å². The van der Waals surface area contributed by atoms with E-state index in [9.17, 15) is 24.6 Å². The fraction of sp³-hybridized carbons (Fsp3) is 0.382. The van der Waals surface area contributed by atoms with Gasteiger partial charge < -0.3 is 30.3 Å². The van der Waals surface area contributed by atoms with Crippen LogP contribution < -0.4 is 10.6 Å². The van der Waals surface area contributed by atoms with E-state index in [2.05, 4.69) is 22.8 Å². The summed E-state index contributed by atoms with van der Waals surface area (Å²) in [5.74, 6) is -1.42. The van der Waals surface area contributed by atoms with Crippen LogP contribution in [0.5, 0.6) is 5.75 Å². The summed E-state index contributed by atoms with van der Waals surface area (Å²) < 4.78 is 10.8. The number of aliphatic hydroxyl groups excluding tert-OH is 1. The molecule has 0 saturated heterocycles. The maximum atomic E-state index is 13.7. The van der Waals surface area contributed by atoms with Crippen molar-refractivity contribution >= 4 is 18.0 Å². The molecule has 0 radical (unpaired) electrons. The molecule has 224 valence electrons. The molecule has 2 amide bonds. The summed E-state index contributed by atoms with van der Waals surface area (Å²) in [4.78, 5) is 39.6. The highest BCUT2D eigenvalue weighted by molar-refractivity contribution is 5.87. The highest BCUT2D eigenvalue weighted by Gasteiger charge is 2.52. The Kier molecular flexibility index (Phi) is 8.08. The number of aromatic hydroxyl groups is 1. The van der Waals surface area contributed by atoms with Crippen LogP contribution >= 0.6 is 0 Å². The zero-order valence-electron chi connectivity index (χ0n) is 23.9. The van der Waals surface area contributed by atoms with Crippen LogP contribution in [0.4, 0.5) is 4.79 Å². The van der Waals surface area contributed by atoms with Gasteiger partial charge in [0.15, 0.2) is 0 Å². The molecule has 3 aliphatic carbocycles. The lowest BCUT2D eigenvalue weighted by atomic mass is 9.90. The first-order valence-electron chi connectivity index (χ1n) is 14.8. The minimum absolute atomic E-state index is 0.0709. The van der Waals surface area contributed by atoms with Crippen molar-refractivity contribution in [3.8, 4) is 16.9 Å². The van der Waals surface area contributed by atoms with Crippen LogP contribution in [-0.2, 0) is 25.5 Å². The Morgan fingerprint density at radius 2 is 1.56 bits per heavy atom. The van der Waals surface area contributed by atoms with Gasteiger partial charge in [-0.05, 0) is 71.0 Å². The van der Waals surface area contributed by atoms with E-state index in [1.807, 2.05) is 36.4 Å². The first-order chi connectivity index (χ1) is 20.8. The summed E-state index contributed by atoms with van der Waals surface area (Å²) in [7, 11) is 1.33. The second kappa shape index (κ2) is 12.1. The van der Waals surface area contributed by atoms with Gasteiger partial charge in [-0.15, -0.1) is 0 Å². The van der Waals surface area contributed by atoms with Gasteiger partial charge in [-0.25, -0.2) is 4.79 Å². The monoisotopic (exact) mass is 584 g/mol. The topological polar surface area (TPSA) is 134 Å². The molecule has 3 aromatic rings. The lowest BCUT2D eigenvalue weighted by Crippen LogP contribution is -2.52. The number of esters is 1. The third kappa shape index (κ3) is 5.82. The van der Waals surface area contributed by atoms with Crippen LogP contribution in [0.15, 0.2) is 72.8 Å². The number of nitrogens with one attached hydrogen (secondary N) is 2. The van der Waals surface area contributed by atoms with E-state index in [1.54, 1.807) is 12.1 Å². The van der Waals surface area contributed by atoms with Gasteiger partial charge in [0.1, 0.15) is 18.4 Å². The number of benzene rings is 3. The molecular weight excluding hydrogens is 548 g/mol. The Hall–Kier alpha value is -4.37. The highest BCUT2D eigenvalue weighted by Crippen LogP contribution is 2.48. The molecule has 0 aromatic heterocycles. The number of fused-ring (bicyclic) bond motifs is 4. The van der Waals surface area contributed by atoms with Crippen molar-refractivity contribution in [1.29, 1.82) is 0 Å². The number of methoxy groups -OCH3 is 1. The van der Waals surface area contributed by atoms with E-state index < -0.39 is 42.1 Å². The standard InChI is InChI=1S/C34H36N2O7/c1-42-33(40)31-27-17-22(38)15-20(27)16-29(31)35-32(39)30(14-19-10-12-21(37)13-11-19)36-34(41)43-18-28-25-8-4-2-6-23(25)24-7-3-5-9-26(24)28/h2-13,20,22,27-31,37-38H,14-18H2,1H3,(H,35,39)(H,36,41)/t20-,22-,27-,29-,30+,31+/m1/s1. The second-order valence-corrected chi connectivity index (χ2v) is 11.8. The average molecular weight is 585 g/mol. The van der Waals surface area contributed by atoms with E-state index in [-0.39, 0.29) is 36.5 Å². The molecule has 4 N–H and O–H groups in total. The van der Waals surface area contributed by atoms with E-state index in [1.165, 1.54) is 19.2 Å². The number of carbonyl (C=O) groups excluding carboxylic acids is 3. The molecule has 2 saturated carbocycles. The van der Waals surface area contributed by atoms with Gasteiger partial charge in [0.25, 0.3) is 0 Å². The van der Waals surface area contributed by atoms with Gasteiger partial charge in [-0.1, -0.05) is 60.7 Å². The van der Waals surface area contributed by atoms with E-state index in [0.717, 1.165) is 27.8 Å². The molecule has 0 aliphatic heterocycles. The number of ether oxygens (including phenoxy) is 2. The average Bonchev–Trinajstić information content (AvgIpc) is 3.64. The fourth-order valence-electron chi connectivity index (χ4n) is 7.38. The number of hydrogen-bond donors (Lipinski definition) is 4. The number of aliphatic hydroxyl groups is 1. The van der Waals surface area contributed by atoms with Gasteiger partial charge in [-0.3, -0.25) is 9.59 Å². The molecule has 3 aromatic carbocycles. The Balaban J connectivity index is 1.17. The maximum Gasteiger partial charge on any atom is 0.407 e. The molecule has 9 heteroatoms. The van der Waals surface area contributed by atoms with Gasteiger partial charge >= 0.3 is 12.1 Å². The second-order valence-electron chi connectivity index (χ2n) is 11.8. The van der Waals surface area contributed by atoms with Crippen molar-refractivity contribution in [2.24, 2.45) is 17.8 Å². The Bertz CT molecular complexity index is 1460. The Morgan fingerprint density at radius 3 is 2.21 bits per heavy atom. The summed E-state index contributed by atoms with van der Waals surface area (Å²) in [5, 5.41) is 25.6. The Morgan fingerprint density at radius 1 is 0.907 bits per heavy atom. The van der Waals surface area contributed by atoms with Crippen LogP contribution in [0, 0.1) is 17.8 Å². The predicted molar refractivity (Wildman–Crippen MR) is 158 cm³/mol.